The number of fused-ring (bicyclic) bond motifs is 1. The minimum absolute atomic E-state index is 0.0483. The number of nitrogens with zero attached hydrogens (tertiary/aromatic N) is 6. The van der Waals surface area contributed by atoms with Crippen molar-refractivity contribution in [3.8, 4) is 0 Å². The van der Waals surface area contributed by atoms with Gasteiger partial charge in [-0.3, -0.25) is 14.3 Å². The number of rotatable bonds is 7. The van der Waals surface area contributed by atoms with E-state index in [0.29, 0.717) is 22.8 Å². The zero-order valence-corrected chi connectivity index (χ0v) is 18.0. The van der Waals surface area contributed by atoms with Crippen LogP contribution in [0.25, 0.3) is 11.2 Å². The molecular formula is C18H20ClN7O3S. The average molecular weight is 450 g/mol. The summed E-state index contributed by atoms with van der Waals surface area (Å²) in [6, 6.07) is -0.0483. The van der Waals surface area contributed by atoms with Crippen molar-refractivity contribution < 1.29 is 8.42 Å². The van der Waals surface area contributed by atoms with Crippen molar-refractivity contribution in [1.29, 1.82) is 0 Å². The van der Waals surface area contributed by atoms with Gasteiger partial charge in [0.25, 0.3) is 5.56 Å². The highest BCUT2D eigenvalue weighted by Gasteiger charge is 2.31. The molecule has 0 radical (unpaired) electrons. The first-order valence-corrected chi connectivity index (χ1v) is 11.6. The van der Waals surface area contributed by atoms with Crippen LogP contribution in [0.2, 0.25) is 5.28 Å². The van der Waals surface area contributed by atoms with Crippen molar-refractivity contribution in [2.45, 2.75) is 44.3 Å². The molecule has 0 saturated heterocycles. The average Bonchev–Trinajstić information content (AvgIpc) is 3.58. The molecule has 1 N–H and O–H groups in total. The summed E-state index contributed by atoms with van der Waals surface area (Å²) in [4.78, 5) is 33.8. The number of nitrogens with one attached hydrogen (secondary N) is 1. The zero-order chi connectivity index (χ0) is 21.5. The number of anilines is 1. The molecule has 4 rings (SSSR count). The Labute approximate surface area is 177 Å². The van der Waals surface area contributed by atoms with Crippen molar-refractivity contribution in [2.75, 3.05) is 11.1 Å². The topological polar surface area (TPSA) is 133 Å². The van der Waals surface area contributed by atoms with Crippen LogP contribution in [0.4, 0.5) is 5.82 Å². The summed E-state index contributed by atoms with van der Waals surface area (Å²) in [6.07, 6.45) is 6.18. The molecule has 1 saturated carbocycles. The molecule has 1 atom stereocenters. The van der Waals surface area contributed by atoms with Gasteiger partial charge in [-0.25, -0.2) is 23.4 Å². The first-order chi connectivity index (χ1) is 14.3. The van der Waals surface area contributed by atoms with Crippen molar-refractivity contribution in [2.24, 2.45) is 5.92 Å². The fraction of sp³-hybridized carbons (Fsp3) is 0.444. The summed E-state index contributed by atoms with van der Waals surface area (Å²) < 4.78 is 25.3. The van der Waals surface area contributed by atoms with E-state index in [-0.39, 0.29) is 40.0 Å². The monoisotopic (exact) mass is 449 g/mol. The molecule has 1 fully saturated rings. The van der Waals surface area contributed by atoms with Crippen LogP contribution >= 0.6 is 11.6 Å². The van der Waals surface area contributed by atoms with E-state index >= 15 is 0 Å². The maximum absolute atomic E-state index is 13.1. The van der Waals surface area contributed by atoms with Gasteiger partial charge in [-0.2, -0.15) is 4.98 Å². The predicted octanol–water partition coefficient (Wildman–Crippen LogP) is 2.01. The van der Waals surface area contributed by atoms with E-state index in [0.717, 1.165) is 12.8 Å². The van der Waals surface area contributed by atoms with Crippen LogP contribution in [0.3, 0.4) is 0 Å². The smallest absolute Gasteiger partial charge is 0.295 e. The van der Waals surface area contributed by atoms with E-state index in [9.17, 15) is 13.2 Å². The SMILES string of the molecule is CCS(=O)(=O)c1cnc(CNc2nc3cnc(Cl)nc3n([C@@H](C)C3CC3)c2=O)cn1. The Kier molecular flexibility index (Phi) is 5.41. The minimum Gasteiger partial charge on any atom is -0.360 e. The lowest BCUT2D eigenvalue weighted by molar-refractivity contribution is 0.482. The highest BCUT2D eigenvalue weighted by molar-refractivity contribution is 7.91. The van der Waals surface area contributed by atoms with Crippen LogP contribution in [0.5, 0.6) is 0 Å². The Morgan fingerprint density at radius 2 is 1.97 bits per heavy atom. The Morgan fingerprint density at radius 3 is 2.60 bits per heavy atom. The lowest BCUT2D eigenvalue weighted by Gasteiger charge is -2.18. The maximum atomic E-state index is 13.1. The van der Waals surface area contributed by atoms with Gasteiger partial charge in [-0.15, -0.1) is 0 Å². The minimum atomic E-state index is -3.42. The van der Waals surface area contributed by atoms with Crippen LogP contribution in [-0.4, -0.2) is 43.7 Å². The number of aromatic nitrogens is 6. The van der Waals surface area contributed by atoms with Gasteiger partial charge in [0.15, 0.2) is 26.3 Å². The Hall–Kier alpha value is -2.66. The highest BCUT2D eigenvalue weighted by Crippen LogP contribution is 2.39. The lowest BCUT2D eigenvalue weighted by atomic mass is 10.2. The summed E-state index contributed by atoms with van der Waals surface area (Å²) in [5.41, 5.74) is 1.01. The third-order valence-corrected chi connectivity index (χ3v) is 6.92. The Bertz CT molecular complexity index is 1260. The largest absolute Gasteiger partial charge is 0.360 e. The molecule has 0 aliphatic heterocycles. The fourth-order valence-corrected chi connectivity index (χ4v) is 4.03. The molecule has 12 heteroatoms. The fourth-order valence-electron chi connectivity index (χ4n) is 3.18. The van der Waals surface area contributed by atoms with E-state index in [1.807, 2.05) is 6.92 Å². The number of halogens is 1. The molecule has 1 aliphatic rings. The first-order valence-electron chi connectivity index (χ1n) is 9.52. The molecular weight excluding hydrogens is 430 g/mol. The third-order valence-electron chi connectivity index (χ3n) is 5.13. The van der Waals surface area contributed by atoms with E-state index < -0.39 is 9.84 Å². The number of sulfone groups is 1. The molecule has 0 bridgehead atoms. The van der Waals surface area contributed by atoms with Gasteiger partial charge in [0.05, 0.1) is 36.6 Å². The van der Waals surface area contributed by atoms with E-state index in [4.69, 9.17) is 11.6 Å². The molecule has 3 aromatic heterocycles. The van der Waals surface area contributed by atoms with Gasteiger partial charge in [-0.1, -0.05) is 6.92 Å². The quantitative estimate of drug-likeness (QED) is 0.537. The third kappa shape index (κ3) is 3.99. The van der Waals surface area contributed by atoms with Crippen molar-refractivity contribution >= 4 is 38.4 Å². The van der Waals surface area contributed by atoms with E-state index in [1.54, 1.807) is 11.5 Å². The second-order valence-electron chi connectivity index (χ2n) is 7.16. The number of hydrogen-bond acceptors (Lipinski definition) is 9. The molecule has 0 spiro atoms. The molecule has 10 nitrogen and oxygen atoms in total. The van der Waals surface area contributed by atoms with Gasteiger partial charge in [0, 0.05) is 6.04 Å². The second-order valence-corrected chi connectivity index (χ2v) is 9.73. The molecule has 3 heterocycles. The summed E-state index contributed by atoms with van der Waals surface area (Å²) in [5, 5.41) is 2.96. The maximum Gasteiger partial charge on any atom is 0.295 e. The van der Waals surface area contributed by atoms with Gasteiger partial charge in [0.2, 0.25) is 5.28 Å². The van der Waals surface area contributed by atoms with Gasteiger partial charge in [-0.05, 0) is 37.3 Å². The zero-order valence-electron chi connectivity index (χ0n) is 16.4. The van der Waals surface area contributed by atoms with Gasteiger partial charge in [0.1, 0.15) is 5.52 Å². The summed E-state index contributed by atoms with van der Waals surface area (Å²) in [5.74, 6) is 0.493. The van der Waals surface area contributed by atoms with Gasteiger partial charge < -0.3 is 5.32 Å². The van der Waals surface area contributed by atoms with Crippen LogP contribution < -0.4 is 10.9 Å². The Balaban J connectivity index is 1.65. The molecule has 0 amide bonds. The van der Waals surface area contributed by atoms with Crippen LogP contribution in [0, 0.1) is 5.92 Å². The molecule has 1 aliphatic carbocycles. The lowest BCUT2D eigenvalue weighted by Crippen LogP contribution is -2.29. The van der Waals surface area contributed by atoms with Crippen molar-refractivity contribution in [3.05, 3.63) is 39.9 Å². The molecule has 30 heavy (non-hydrogen) atoms. The predicted molar refractivity (Wildman–Crippen MR) is 111 cm³/mol. The van der Waals surface area contributed by atoms with E-state index in [1.165, 1.54) is 18.6 Å². The van der Waals surface area contributed by atoms with Crippen molar-refractivity contribution in [3.63, 3.8) is 0 Å². The Morgan fingerprint density at radius 1 is 1.20 bits per heavy atom. The summed E-state index contributed by atoms with van der Waals surface area (Å²) in [7, 11) is -3.42. The van der Waals surface area contributed by atoms with Gasteiger partial charge >= 0.3 is 0 Å². The van der Waals surface area contributed by atoms with Crippen LogP contribution in [0.15, 0.2) is 28.4 Å². The second kappa shape index (κ2) is 7.88. The molecule has 0 aromatic carbocycles. The van der Waals surface area contributed by atoms with Crippen LogP contribution in [-0.2, 0) is 16.4 Å². The summed E-state index contributed by atoms with van der Waals surface area (Å²) >= 11 is 5.94. The first kappa shape index (κ1) is 20.6. The standard InChI is InChI=1S/C18H20ClN7O3S/c1-3-30(28,29)14-9-20-12(6-21-14)7-22-15-17(27)26(10(2)11-4-5-11)16-13(24-15)8-23-18(19)25-16/h6,8-11H,3-5,7H2,1-2H3,(H,22,24)/t10-/m0/s1. The number of hydrogen-bond donors (Lipinski definition) is 1. The van der Waals surface area contributed by atoms with Crippen LogP contribution in [0.1, 0.15) is 38.4 Å². The molecule has 0 unspecified atom stereocenters. The molecule has 158 valence electrons. The van der Waals surface area contributed by atoms with Crippen molar-refractivity contribution in [1.82, 2.24) is 29.5 Å². The molecule has 3 aromatic rings. The summed E-state index contributed by atoms with van der Waals surface area (Å²) in [6.45, 7) is 3.68. The van der Waals surface area contributed by atoms with E-state index in [2.05, 4.69) is 30.2 Å². The highest BCUT2D eigenvalue weighted by atomic mass is 35.5. The normalized spacial score (nSPS) is 15.3.